The first-order valence-electron chi connectivity index (χ1n) is 6.99. The van der Waals surface area contributed by atoms with Gasteiger partial charge in [0.1, 0.15) is 0 Å². The molecule has 1 spiro atoms. The summed E-state index contributed by atoms with van der Waals surface area (Å²) in [6, 6.07) is 3.10. The van der Waals surface area contributed by atoms with Crippen LogP contribution in [0.4, 0.5) is 0 Å². The Kier molecular flexibility index (Phi) is 3.25. The molecule has 0 radical (unpaired) electrons. The van der Waals surface area contributed by atoms with Crippen molar-refractivity contribution in [1.82, 2.24) is 9.29 Å². The minimum atomic E-state index is -3.45. The van der Waals surface area contributed by atoms with Crippen molar-refractivity contribution in [2.45, 2.75) is 43.5 Å². The average Bonchev–Trinajstić information content (AvgIpc) is 2.78. The first-order valence-corrected chi connectivity index (χ1v) is 8.43. The van der Waals surface area contributed by atoms with E-state index in [2.05, 4.69) is 4.98 Å². The lowest BCUT2D eigenvalue weighted by molar-refractivity contribution is 0.152. The van der Waals surface area contributed by atoms with Crippen LogP contribution in [0, 0.1) is 5.41 Å². The first-order chi connectivity index (χ1) is 9.47. The second kappa shape index (κ2) is 4.70. The summed E-state index contributed by atoms with van der Waals surface area (Å²) >= 11 is 0. The van der Waals surface area contributed by atoms with E-state index in [-0.39, 0.29) is 16.4 Å². The van der Waals surface area contributed by atoms with Crippen LogP contribution in [0.25, 0.3) is 0 Å². The van der Waals surface area contributed by atoms with Gasteiger partial charge in [0.05, 0.1) is 12.0 Å². The minimum Gasteiger partial charge on any atom is -0.481 e. The van der Waals surface area contributed by atoms with Gasteiger partial charge in [-0.25, -0.2) is 13.4 Å². The molecule has 1 aromatic rings. The van der Waals surface area contributed by atoms with E-state index in [4.69, 9.17) is 4.74 Å². The third-order valence-electron chi connectivity index (χ3n) is 4.65. The van der Waals surface area contributed by atoms with Crippen LogP contribution in [0.2, 0.25) is 0 Å². The SMILES string of the molecule is COc1cc(S(=O)(=O)N2CC3(CCC3)CC2C)ccn1. The number of hydrogen-bond donors (Lipinski definition) is 0. The molecule has 2 aliphatic rings. The number of hydrogen-bond acceptors (Lipinski definition) is 4. The van der Waals surface area contributed by atoms with Crippen molar-refractivity contribution < 1.29 is 13.2 Å². The van der Waals surface area contributed by atoms with Crippen LogP contribution in [-0.4, -0.2) is 37.4 Å². The molecule has 3 rings (SSSR count). The van der Waals surface area contributed by atoms with Crippen LogP contribution in [0.5, 0.6) is 5.88 Å². The molecule has 0 bridgehead atoms. The van der Waals surface area contributed by atoms with Crippen molar-refractivity contribution in [3.8, 4) is 5.88 Å². The normalized spacial score (nSPS) is 25.6. The van der Waals surface area contributed by atoms with Gasteiger partial charge in [0.15, 0.2) is 0 Å². The topological polar surface area (TPSA) is 59.5 Å². The molecule has 0 aromatic carbocycles. The standard InChI is InChI=1S/C14H20N2O3S/c1-11-9-14(5-3-6-14)10-16(11)20(17,18)12-4-7-15-13(8-12)19-2/h4,7-8,11H,3,5-6,9-10H2,1-2H3. The van der Waals surface area contributed by atoms with Crippen LogP contribution in [0.15, 0.2) is 23.2 Å². The molecule has 110 valence electrons. The number of methoxy groups -OCH3 is 1. The maximum Gasteiger partial charge on any atom is 0.243 e. The zero-order valence-corrected chi connectivity index (χ0v) is 12.7. The molecular formula is C14H20N2O3S. The Labute approximate surface area is 120 Å². The molecule has 1 unspecified atom stereocenters. The Morgan fingerprint density at radius 1 is 1.45 bits per heavy atom. The molecule has 1 aliphatic carbocycles. The van der Waals surface area contributed by atoms with Crippen molar-refractivity contribution in [3.63, 3.8) is 0 Å². The lowest BCUT2D eigenvalue weighted by atomic mass is 9.68. The van der Waals surface area contributed by atoms with Crippen LogP contribution >= 0.6 is 0 Å². The molecule has 20 heavy (non-hydrogen) atoms. The van der Waals surface area contributed by atoms with Crippen LogP contribution in [-0.2, 0) is 10.0 Å². The summed E-state index contributed by atoms with van der Waals surface area (Å²) in [4.78, 5) is 4.24. The fourth-order valence-corrected chi connectivity index (χ4v) is 5.18. The zero-order valence-electron chi connectivity index (χ0n) is 11.9. The smallest absolute Gasteiger partial charge is 0.243 e. The number of aromatic nitrogens is 1. The maximum atomic E-state index is 12.8. The van der Waals surface area contributed by atoms with E-state index in [9.17, 15) is 8.42 Å². The summed E-state index contributed by atoms with van der Waals surface area (Å²) in [5, 5.41) is 0. The second-order valence-corrected chi connectivity index (χ2v) is 7.88. The van der Waals surface area contributed by atoms with Gasteiger partial charge in [0, 0.05) is 24.8 Å². The van der Waals surface area contributed by atoms with Crippen molar-refractivity contribution in [1.29, 1.82) is 0 Å². The van der Waals surface area contributed by atoms with E-state index in [1.54, 1.807) is 4.31 Å². The third kappa shape index (κ3) is 2.11. The van der Waals surface area contributed by atoms with Crippen LogP contribution in [0.1, 0.15) is 32.6 Å². The van der Waals surface area contributed by atoms with Gasteiger partial charge in [0.25, 0.3) is 0 Å². The van der Waals surface area contributed by atoms with Gasteiger partial charge in [-0.2, -0.15) is 4.31 Å². The zero-order chi connectivity index (χ0) is 14.4. The number of pyridine rings is 1. The summed E-state index contributed by atoms with van der Waals surface area (Å²) < 4.78 is 32.2. The maximum absolute atomic E-state index is 12.8. The highest BCUT2D eigenvalue weighted by Crippen LogP contribution is 2.51. The highest BCUT2D eigenvalue weighted by molar-refractivity contribution is 7.89. The Morgan fingerprint density at radius 3 is 2.75 bits per heavy atom. The quantitative estimate of drug-likeness (QED) is 0.856. The van der Waals surface area contributed by atoms with E-state index in [0.29, 0.717) is 12.4 Å². The van der Waals surface area contributed by atoms with Crippen LogP contribution < -0.4 is 4.74 Å². The van der Waals surface area contributed by atoms with E-state index < -0.39 is 10.0 Å². The van der Waals surface area contributed by atoms with E-state index in [1.807, 2.05) is 6.92 Å². The third-order valence-corrected chi connectivity index (χ3v) is 6.60. The average molecular weight is 296 g/mol. The number of rotatable bonds is 3. The fourth-order valence-electron chi connectivity index (χ4n) is 3.44. The second-order valence-electron chi connectivity index (χ2n) is 5.99. The molecule has 1 aromatic heterocycles. The molecule has 1 saturated carbocycles. The Balaban J connectivity index is 1.91. The molecule has 1 atom stereocenters. The predicted octanol–water partition coefficient (Wildman–Crippen LogP) is 2.04. The molecule has 6 heteroatoms. The van der Waals surface area contributed by atoms with Crippen molar-refractivity contribution in [2.75, 3.05) is 13.7 Å². The summed E-state index contributed by atoms with van der Waals surface area (Å²) in [6.45, 7) is 2.66. The van der Waals surface area contributed by atoms with Crippen LogP contribution in [0.3, 0.4) is 0 Å². The number of nitrogens with zero attached hydrogens (tertiary/aromatic N) is 2. The van der Waals surface area contributed by atoms with Crippen molar-refractivity contribution in [2.24, 2.45) is 5.41 Å². The lowest BCUT2D eigenvalue weighted by Crippen LogP contribution is -2.37. The molecule has 2 fully saturated rings. The van der Waals surface area contributed by atoms with Crippen molar-refractivity contribution in [3.05, 3.63) is 18.3 Å². The van der Waals surface area contributed by atoms with Gasteiger partial charge in [-0.1, -0.05) is 6.42 Å². The van der Waals surface area contributed by atoms with Gasteiger partial charge in [-0.05, 0) is 37.7 Å². The summed E-state index contributed by atoms with van der Waals surface area (Å²) in [6.07, 6.45) is 6.00. The van der Waals surface area contributed by atoms with Crippen molar-refractivity contribution >= 4 is 10.0 Å². The molecule has 2 heterocycles. The highest BCUT2D eigenvalue weighted by atomic mass is 32.2. The largest absolute Gasteiger partial charge is 0.481 e. The molecular weight excluding hydrogens is 276 g/mol. The summed E-state index contributed by atoms with van der Waals surface area (Å²) in [7, 11) is -1.97. The van der Waals surface area contributed by atoms with Gasteiger partial charge >= 0.3 is 0 Å². The Hall–Kier alpha value is -1.14. The molecule has 0 N–H and O–H groups in total. The molecule has 5 nitrogen and oxygen atoms in total. The molecule has 0 amide bonds. The van der Waals surface area contributed by atoms with Gasteiger partial charge in [-0.15, -0.1) is 0 Å². The number of ether oxygens (including phenoxy) is 1. The van der Waals surface area contributed by atoms with Gasteiger partial charge in [0.2, 0.25) is 15.9 Å². The van der Waals surface area contributed by atoms with E-state index in [0.717, 1.165) is 19.3 Å². The number of sulfonamides is 1. The van der Waals surface area contributed by atoms with E-state index >= 15 is 0 Å². The predicted molar refractivity (Wildman–Crippen MR) is 75.0 cm³/mol. The highest BCUT2D eigenvalue weighted by Gasteiger charge is 2.49. The molecule has 1 saturated heterocycles. The minimum absolute atomic E-state index is 0.0689. The van der Waals surface area contributed by atoms with E-state index in [1.165, 1.54) is 31.9 Å². The fraction of sp³-hybridized carbons (Fsp3) is 0.643. The monoisotopic (exact) mass is 296 g/mol. The summed E-state index contributed by atoms with van der Waals surface area (Å²) in [5.74, 6) is 0.330. The summed E-state index contributed by atoms with van der Waals surface area (Å²) in [5.41, 5.74) is 0.240. The lowest BCUT2D eigenvalue weighted by Gasteiger charge is -2.38. The van der Waals surface area contributed by atoms with Gasteiger partial charge in [-0.3, -0.25) is 0 Å². The first kappa shape index (κ1) is 13.8. The van der Waals surface area contributed by atoms with Gasteiger partial charge < -0.3 is 4.74 Å². The Bertz CT molecular complexity index is 611. The Morgan fingerprint density at radius 2 is 2.20 bits per heavy atom. The molecule has 1 aliphatic heterocycles.